The van der Waals surface area contributed by atoms with Gasteiger partial charge in [0.05, 0.1) is 10.9 Å². The number of aromatic nitrogens is 1. The Morgan fingerprint density at radius 1 is 1.55 bits per heavy atom. The number of oxazole rings is 1. The molecule has 0 aliphatic rings. The highest BCUT2D eigenvalue weighted by Gasteiger charge is 2.12. The lowest BCUT2D eigenvalue weighted by Gasteiger charge is -1.98. The second-order valence-corrected chi connectivity index (χ2v) is 3.99. The van der Waals surface area contributed by atoms with Gasteiger partial charge >= 0.3 is 0 Å². The van der Waals surface area contributed by atoms with E-state index in [0.29, 0.717) is 0 Å². The maximum absolute atomic E-state index is 5.39. The molecule has 0 spiro atoms. The summed E-state index contributed by atoms with van der Waals surface area (Å²) >= 11 is 4.09. The predicted octanol–water partition coefficient (Wildman–Crippen LogP) is 2.93. The van der Waals surface area contributed by atoms with E-state index in [1.807, 2.05) is 20.8 Å². The fraction of sp³-hybridized carbons (Fsp3) is 0.571. The van der Waals surface area contributed by atoms with Crippen molar-refractivity contribution in [1.82, 2.24) is 4.98 Å². The van der Waals surface area contributed by atoms with Crippen LogP contribution in [0, 0.1) is 13.8 Å². The number of nitrogens with zero attached hydrogens (tertiary/aromatic N) is 1. The van der Waals surface area contributed by atoms with E-state index in [0.717, 1.165) is 17.3 Å². The molecule has 1 aromatic heterocycles. The van der Waals surface area contributed by atoms with Crippen molar-refractivity contribution in [2.75, 3.05) is 0 Å². The van der Waals surface area contributed by atoms with Gasteiger partial charge in [0.25, 0.3) is 0 Å². The third-order valence-electron chi connectivity index (χ3n) is 1.55. The maximum Gasteiger partial charge on any atom is 0.208 e. The van der Waals surface area contributed by atoms with Gasteiger partial charge in [0.15, 0.2) is 0 Å². The van der Waals surface area contributed by atoms with E-state index in [4.69, 9.17) is 4.42 Å². The van der Waals surface area contributed by atoms with Crippen LogP contribution in [-0.2, 0) is 0 Å². The average Bonchev–Trinajstić information content (AvgIpc) is 2.31. The lowest BCUT2D eigenvalue weighted by atomic mass is 10.4. The van der Waals surface area contributed by atoms with Crippen LogP contribution in [0.25, 0.3) is 0 Å². The number of hydrogen-bond acceptors (Lipinski definition) is 4. The highest BCUT2D eigenvalue weighted by molar-refractivity contribution is 8.68. The molecule has 2 nitrogen and oxygen atoms in total. The molecule has 1 aromatic rings. The fourth-order valence-electron chi connectivity index (χ4n) is 0.717. The Labute approximate surface area is 75.6 Å². The first kappa shape index (κ1) is 9.00. The average molecular weight is 189 g/mol. The number of thiol groups is 1. The molecule has 4 heteroatoms. The van der Waals surface area contributed by atoms with Crippen molar-refractivity contribution >= 4 is 22.5 Å². The summed E-state index contributed by atoms with van der Waals surface area (Å²) in [5.41, 5.74) is 0.967. The first-order chi connectivity index (χ1) is 5.15. The summed E-state index contributed by atoms with van der Waals surface area (Å²) in [5.74, 6) is 1.66. The lowest BCUT2D eigenvalue weighted by Crippen LogP contribution is -1.84. The first-order valence-electron chi connectivity index (χ1n) is 3.39. The molecule has 62 valence electrons. The fourth-order valence-corrected chi connectivity index (χ4v) is 1.18. The van der Waals surface area contributed by atoms with Crippen molar-refractivity contribution in [2.45, 2.75) is 26.0 Å². The molecule has 0 saturated carbocycles. The van der Waals surface area contributed by atoms with Gasteiger partial charge in [-0.15, -0.1) is 11.7 Å². The third-order valence-corrected chi connectivity index (χ3v) is 3.02. The van der Waals surface area contributed by atoms with Crippen LogP contribution in [0.1, 0.15) is 29.5 Å². The van der Waals surface area contributed by atoms with Crippen LogP contribution in [0.15, 0.2) is 4.42 Å². The molecule has 11 heavy (non-hydrogen) atoms. The summed E-state index contributed by atoms with van der Waals surface area (Å²) in [5, 5.41) is 0.228. The number of aryl methyl sites for hydroxylation is 2. The molecule has 0 N–H and O–H groups in total. The minimum atomic E-state index is 0.228. The van der Waals surface area contributed by atoms with Crippen LogP contribution in [0.5, 0.6) is 0 Å². The molecule has 0 aliphatic heterocycles. The summed E-state index contributed by atoms with van der Waals surface area (Å²) in [6.07, 6.45) is 0. The summed E-state index contributed by atoms with van der Waals surface area (Å²) in [6.45, 7) is 5.88. The molecule has 0 aliphatic carbocycles. The Balaban J connectivity index is 2.88. The summed E-state index contributed by atoms with van der Waals surface area (Å²) in [7, 11) is 1.44. The molecule has 0 bridgehead atoms. The summed E-state index contributed by atoms with van der Waals surface area (Å²) in [4.78, 5) is 4.24. The zero-order valence-electron chi connectivity index (χ0n) is 6.79. The van der Waals surface area contributed by atoms with Gasteiger partial charge in [0.2, 0.25) is 5.89 Å². The molecular weight excluding hydrogens is 178 g/mol. The zero-order valence-corrected chi connectivity index (χ0v) is 8.50. The van der Waals surface area contributed by atoms with Gasteiger partial charge in [-0.1, -0.05) is 10.8 Å². The molecular formula is C7H11NOS2. The SMILES string of the molecule is Cc1nc(C(C)SS)oc1C. The van der Waals surface area contributed by atoms with E-state index >= 15 is 0 Å². The standard InChI is InChI=1S/C7H11NOS2/c1-4-5(2)9-7(8-4)6(3)11-10/h6,10H,1-3H3. The minimum absolute atomic E-state index is 0.228. The minimum Gasteiger partial charge on any atom is -0.445 e. The van der Waals surface area contributed by atoms with Crippen LogP contribution in [0.4, 0.5) is 0 Å². The Kier molecular flexibility index (Phi) is 2.90. The van der Waals surface area contributed by atoms with Crippen molar-refractivity contribution in [3.8, 4) is 0 Å². The van der Waals surface area contributed by atoms with Crippen molar-refractivity contribution < 1.29 is 4.42 Å². The molecule has 1 unspecified atom stereocenters. The van der Waals surface area contributed by atoms with Gasteiger partial charge in [0.1, 0.15) is 5.76 Å². The Morgan fingerprint density at radius 3 is 2.55 bits per heavy atom. The topological polar surface area (TPSA) is 26.0 Å². The van der Waals surface area contributed by atoms with Gasteiger partial charge < -0.3 is 4.42 Å². The molecule has 0 amide bonds. The van der Waals surface area contributed by atoms with Gasteiger partial charge in [-0.05, 0) is 20.8 Å². The largest absolute Gasteiger partial charge is 0.445 e. The van der Waals surface area contributed by atoms with E-state index in [-0.39, 0.29) is 5.25 Å². The van der Waals surface area contributed by atoms with Gasteiger partial charge in [-0.25, -0.2) is 4.98 Å². The molecule has 0 radical (unpaired) electrons. The van der Waals surface area contributed by atoms with Crippen LogP contribution in [0.3, 0.4) is 0 Å². The second kappa shape index (κ2) is 3.54. The van der Waals surface area contributed by atoms with E-state index in [1.54, 1.807) is 0 Å². The highest BCUT2D eigenvalue weighted by Crippen LogP contribution is 2.30. The molecule has 1 heterocycles. The smallest absolute Gasteiger partial charge is 0.208 e. The van der Waals surface area contributed by atoms with Gasteiger partial charge in [-0.2, -0.15) is 0 Å². The van der Waals surface area contributed by atoms with Crippen molar-refractivity contribution in [1.29, 1.82) is 0 Å². The quantitative estimate of drug-likeness (QED) is 0.572. The van der Waals surface area contributed by atoms with E-state index in [2.05, 4.69) is 16.6 Å². The molecule has 0 saturated heterocycles. The van der Waals surface area contributed by atoms with E-state index in [1.165, 1.54) is 10.8 Å². The monoisotopic (exact) mass is 189 g/mol. The van der Waals surface area contributed by atoms with Crippen LogP contribution in [-0.4, -0.2) is 4.98 Å². The first-order valence-corrected chi connectivity index (χ1v) is 5.32. The van der Waals surface area contributed by atoms with Gasteiger partial charge in [0, 0.05) is 0 Å². The normalized spacial score (nSPS) is 13.5. The number of hydrogen-bond donors (Lipinski definition) is 1. The number of rotatable bonds is 2. The Morgan fingerprint density at radius 2 is 2.18 bits per heavy atom. The van der Waals surface area contributed by atoms with Crippen LogP contribution < -0.4 is 0 Å². The predicted molar refractivity (Wildman–Crippen MR) is 51.0 cm³/mol. The van der Waals surface area contributed by atoms with Crippen LogP contribution >= 0.6 is 22.5 Å². The van der Waals surface area contributed by atoms with Gasteiger partial charge in [-0.3, -0.25) is 0 Å². The molecule has 0 aromatic carbocycles. The molecule has 1 atom stereocenters. The summed E-state index contributed by atoms with van der Waals surface area (Å²) in [6, 6.07) is 0. The Hall–Kier alpha value is -0.0900. The van der Waals surface area contributed by atoms with Crippen molar-refractivity contribution in [3.63, 3.8) is 0 Å². The molecule has 0 fully saturated rings. The molecule has 1 rings (SSSR count). The third kappa shape index (κ3) is 1.93. The van der Waals surface area contributed by atoms with Crippen molar-refractivity contribution in [3.05, 3.63) is 17.3 Å². The maximum atomic E-state index is 5.39. The van der Waals surface area contributed by atoms with Crippen LogP contribution in [0.2, 0.25) is 0 Å². The highest BCUT2D eigenvalue weighted by atomic mass is 33.1. The second-order valence-electron chi connectivity index (χ2n) is 2.44. The Bertz CT molecular complexity index is 227. The summed E-state index contributed by atoms with van der Waals surface area (Å²) < 4.78 is 5.39. The van der Waals surface area contributed by atoms with Crippen molar-refractivity contribution in [2.24, 2.45) is 0 Å². The van der Waals surface area contributed by atoms with E-state index < -0.39 is 0 Å². The zero-order chi connectivity index (χ0) is 8.43. The van der Waals surface area contributed by atoms with E-state index in [9.17, 15) is 0 Å². The lowest BCUT2D eigenvalue weighted by molar-refractivity contribution is 0.474.